The van der Waals surface area contributed by atoms with E-state index in [0.29, 0.717) is 17.5 Å². The Morgan fingerprint density at radius 3 is 2.58 bits per heavy atom. The number of benzene rings is 2. The van der Waals surface area contributed by atoms with Crippen LogP contribution in [-0.2, 0) is 11.2 Å². The maximum atomic E-state index is 12.4. The van der Waals surface area contributed by atoms with E-state index in [1.807, 2.05) is 50.2 Å². The van der Waals surface area contributed by atoms with Crippen molar-refractivity contribution in [2.24, 2.45) is 0 Å². The number of carbonyl (C=O) groups excluding carboxylic acids is 1. The van der Waals surface area contributed by atoms with Gasteiger partial charge in [-0.1, -0.05) is 49.4 Å². The molecule has 0 bridgehead atoms. The molecule has 0 radical (unpaired) electrons. The number of nitro benzene ring substituents is 1. The Hall–Kier alpha value is -3.46. The molecular weight excluding hydrogens is 330 g/mol. The van der Waals surface area contributed by atoms with Crippen LogP contribution in [0.1, 0.15) is 36.6 Å². The highest BCUT2D eigenvalue weighted by Gasteiger charge is 2.16. The maximum absolute atomic E-state index is 12.4. The number of nitrogens with one attached hydrogen (secondary N) is 1. The molecule has 0 saturated carbocycles. The third-order valence-corrected chi connectivity index (χ3v) is 4.01. The van der Waals surface area contributed by atoms with E-state index >= 15 is 0 Å². The number of nitro groups is 1. The summed E-state index contributed by atoms with van der Waals surface area (Å²) >= 11 is 0. The number of rotatable bonds is 6. The molecule has 2 aromatic carbocycles. The molecule has 1 N–H and O–H groups in total. The summed E-state index contributed by atoms with van der Waals surface area (Å²) in [5.74, 6) is -0.522. The quantitative estimate of drug-likeness (QED) is 0.370. The third kappa shape index (κ3) is 4.54. The van der Waals surface area contributed by atoms with Crippen molar-refractivity contribution in [3.05, 3.63) is 80.9 Å². The van der Waals surface area contributed by atoms with Crippen molar-refractivity contribution < 1.29 is 9.72 Å². The first-order valence-electron chi connectivity index (χ1n) is 8.21. The van der Waals surface area contributed by atoms with E-state index in [1.54, 1.807) is 12.1 Å². The molecule has 0 saturated heterocycles. The fourth-order valence-corrected chi connectivity index (χ4v) is 2.55. The number of carbonyl (C=O) groups is 1. The minimum Gasteiger partial charge on any atom is -0.345 e. The molecule has 132 valence electrons. The van der Waals surface area contributed by atoms with Crippen molar-refractivity contribution in [1.29, 1.82) is 5.26 Å². The fourth-order valence-electron chi connectivity index (χ4n) is 2.55. The number of hydrogen-bond donors (Lipinski definition) is 1. The monoisotopic (exact) mass is 349 g/mol. The van der Waals surface area contributed by atoms with Crippen molar-refractivity contribution in [3.8, 4) is 6.07 Å². The molecule has 1 amide bonds. The Kier molecular flexibility index (Phi) is 6.23. The zero-order chi connectivity index (χ0) is 19.1. The van der Waals surface area contributed by atoms with E-state index < -0.39 is 10.8 Å². The zero-order valence-corrected chi connectivity index (χ0v) is 14.6. The van der Waals surface area contributed by atoms with Crippen molar-refractivity contribution >= 4 is 17.7 Å². The van der Waals surface area contributed by atoms with Gasteiger partial charge in [0.15, 0.2) is 0 Å². The van der Waals surface area contributed by atoms with Gasteiger partial charge in [0.2, 0.25) is 0 Å². The highest BCUT2D eigenvalue weighted by atomic mass is 16.6. The number of aryl methyl sites for hydroxylation is 1. The van der Waals surface area contributed by atoms with Gasteiger partial charge in [-0.05, 0) is 30.5 Å². The maximum Gasteiger partial charge on any atom is 0.273 e. The van der Waals surface area contributed by atoms with Gasteiger partial charge in [0.1, 0.15) is 11.6 Å². The summed E-state index contributed by atoms with van der Waals surface area (Å²) in [6.45, 7) is 3.65. The van der Waals surface area contributed by atoms with Gasteiger partial charge in [0, 0.05) is 11.6 Å². The van der Waals surface area contributed by atoms with Gasteiger partial charge >= 0.3 is 0 Å². The zero-order valence-electron chi connectivity index (χ0n) is 14.6. The predicted molar refractivity (Wildman–Crippen MR) is 99.1 cm³/mol. The minimum absolute atomic E-state index is 0.0170. The van der Waals surface area contributed by atoms with E-state index in [-0.39, 0.29) is 17.3 Å². The largest absolute Gasteiger partial charge is 0.345 e. The lowest BCUT2D eigenvalue weighted by Crippen LogP contribution is -2.27. The van der Waals surface area contributed by atoms with E-state index in [2.05, 4.69) is 5.32 Å². The van der Waals surface area contributed by atoms with Crippen molar-refractivity contribution in [3.63, 3.8) is 0 Å². The van der Waals surface area contributed by atoms with Crippen LogP contribution in [0.2, 0.25) is 0 Å². The number of amides is 1. The molecule has 6 nitrogen and oxygen atoms in total. The van der Waals surface area contributed by atoms with Crippen LogP contribution in [0.4, 0.5) is 5.69 Å². The van der Waals surface area contributed by atoms with Gasteiger partial charge < -0.3 is 5.32 Å². The third-order valence-electron chi connectivity index (χ3n) is 4.01. The van der Waals surface area contributed by atoms with Crippen LogP contribution in [0.3, 0.4) is 0 Å². The molecule has 2 rings (SSSR count). The van der Waals surface area contributed by atoms with E-state index in [0.717, 1.165) is 5.56 Å². The lowest BCUT2D eigenvalue weighted by atomic mass is 10.0. The number of nitrogens with zero attached hydrogens (tertiary/aromatic N) is 2. The second-order valence-electron chi connectivity index (χ2n) is 5.77. The molecular formula is C20H19N3O3. The van der Waals surface area contributed by atoms with Crippen molar-refractivity contribution in [1.82, 2.24) is 5.32 Å². The topological polar surface area (TPSA) is 96.0 Å². The molecule has 0 aromatic heterocycles. The number of nitriles is 1. The SMILES string of the molecule is CCc1ccc(/C=C(\C#N)C(=O)N[C@@H](C)c2ccccc2)cc1[N+](=O)[O-]. The summed E-state index contributed by atoms with van der Waals surface area (Å²) in [6.07, 6.45) is 1.89. The summed E-state index contributed by atoms with van der Waals surface area (Å²) in [5, 5.41) is 23.2. The van der Waals surface area contributed by atoms with Crippen molar-refractivity contribution in [2.45, 2.75) is 26.3 Å². The highest BCUT2D eigenvalue weighted by Crippen LogP contribution is 2.22. The summed E-state index contributed by atoms with van der Waals surface area (Å²) in [4.78, 5) is 23.1. The first-order valence-corrected chi connectivity index (χ1v) is 8.21. The smallest absolute Gasteiger partial charge is 0.273 e. The molecule has 0 fully saturated rings. The van der Waals surface area contributed by atoms with Crippen LogP contribution in [0.15, 0.2) is 54.1 Å². The van der Waals surface area contributed by atoms with Gasteiger partial charge in [-0.2, -0.15) is 5.26 Å². The van der Waals surface area contributed by atoms with Crippen LogP contribution in [0.5, 0.6) is 0 Å². The molecule has 2 aromatic rings. The summed E-state index contributed by atoms with van der Waals surface area (Å²) < 4.78 is 0. The fraction of sp³-hybridized carbons (Fsp3) is 0.200. The molecule has 0 spiro atoms. The Morgan fingerprint density at radius 1 is 1.31 bits per heavy atom. The van der Waals surface area contributed by atoms with E-state index in [1.165, 1.54) is 12.1 Å². The summed E-state index contributed by atoms with van der Waals surface area (Å²) in [7, 11) is 0. The minimum atomic E-state index is -0.522. The van der Waals surface area contributed by atoms with E-state index in [4.69, 9.17) is 0 Å². The second kappa shape index (κ2) is 8.58. The standard InChI is InChI=1S/C20H19N3O3/c1-3-16-10-9-15(12-19(16)23(25)26)11-18(13-21)20(24)22-14(2)17-7-5-4-6-8-17/h4-12,14H,3H2,1-2H3,(H,22,24)/b18-11+/t14-/m0/s1. The van der Waals surface area contributed by atoms with Gasteiger partial charge in [0.05, 0.1) is 11.0 Å². The molecule has 0 unspecified atom stereocenters. The van der Waals surface area contributed by atoms with Gasteiger partial charge in [-0.25, -0.2) is 0 Å². The van der Waals surface area contributed by atoms with Crippen LogP contribution in [0, 0.1) is 21.4 Å². The second-order valence-corrected chi connectivity index (χ2v) is 5.77. The van der Waals surface area contributed by atoms with Gasteiger partial charge in [0.25, 0.3) is 11.6 Å². The highest BCUT2D eigenvalue weighted by molar-refractivity contribution is 6.01. The Balaban J connectivity index is 2.24. The van der Waals surface area contributed by atoms with E-state index in [9.17, 15) is 20.2 Å². The van der Waals surface area contributed by atoms with Crippen LogP contribution >= 0.6 is 0 Å². The van der Waals surface area contributed by atoms with Crippen LogP contribution in [0.25, 0.3) is 6.08 Å². The number of hydrogen-bond acceptors (Lipinski definition) is 4. The first kappa shape index (κ1) is 18.9. The Bertz CT molecular complexity index is 883. The Labute approximate surface area is 151 Å². The van der Waals surface area contributed by atoms with Crippen LogP contribution < -0.4 is 5.32 Å². The lowest BCUT2D eigenvalue weighted by molar-refractivity contribution is -0.385. The average Bonchev–Trinajstić information content (AvgIpc) is 2.66. The van der Waals surface area contributed by atoms with Crippen molar-refractivity contribution in [2.75, 3.05) is 0 Å². The summed E-state index contributed by atoms with van der Waals surface area (Å²) in [5.41, 5.74) is 1.84. The molecule has 0 aliphatic rings. The molecule has 1 atom stereocenters. The van der Waals surface area contributed by atoms with Gasteiger partial charge in [-0.15, -0.1) is 0 Å². The molecule has 0 aliphatic carbocycles. The molecule has 0 aliphatic heterocycles. The normalized spacial score (nSPS) is 12.1. The Morgan fingerprint density at radius 2 is 2.00 bits per heavy atom. The van der Waals surface area contributed by atoms with Crippen LogP contribution in [-0.4, -0.2) is 10.8 Å². The lowest BCUT2D eigenvalue weighted by Gasteiger charge is -2.13. The molecule has 0 heterocycles. The van der Waals surface area contributed by atoms with Gasteiger partial charge in [-0.3, -0.25) is 14.9 Å². The molecule has 26 heavy (non-hydrogen) atoms. The predicted octanol–water partition coefficient (Wildman–Crippen LogP) is 3.94. The summed E-state index contributed by atoms with van der Waals surface area (Å²) in [6, 6.07) is 15.7. The first-order chi connectivity index (χ1) is 12.5. The average molecular weight is 349 g/mol. The molecule has 6 heteroatoms.